The second-order valence-electron chi connectivity index (χ2n) is 7.92. The van der Waals surface area contributed by atoms with Crippen LogP contribution in [0.25, 0.3) is 0 Å². The van der Waals surface area contributed by atoms with E-state index in [9.17, 15) is 4.79 Å². The highest BCUT2D eigenvalue weighted by molar-refractivity contribution is 5.65. The summed E-state index contributed by atoms with van der Waals surface area (Å²) in [7, 11) is 0. The van der Waals surface area contributed by atoms with E-state index in [-0.39, 0.29) is 30.0 Å². The van der Waals surface area contributed by atoms with Crippen molar-refractivity contribution < 1.29 is 19.0 Å². The third kappa shape index (κ3) is 4.95. The van der Waals surface area contributed by atoms with Gasteiger partial charge in [0.1, 0.15) is 0 Å². The Labute approximate surface area is 172 Å². The van der Waals surface area contributed by atoms with E-state index in [1.54, 1.807) is 0 Å². The first-order valence-electron chi connectivity index (χ1n) is 10.3. The second kappa shape index (κ2) is 9.38. The minimum Gasteiger partial charge on any atom is -0.465 e. The molecule has 1 saturated carbocycles. The van der Waals surface area contributed by atoms with Crippen molar-refractivity contribution in [2.75, 3.05) is 6.61 Å². The Bertz CT molecular complexity index is 817. The maximum Gasteiger partial charge on any atom is 0.302 e. The minimum atomic E-state index is -0.238. The minimum absolute atomic E-state index is 0.0266. The Morgan fingerprint density at radius 1 is 0.897 bits per heavy atom. The number of carbonyl (C=O) groups excluding carboxylic acids is 1. The Kier molecular flexibility index (Phi) is 6.43. The molecule has 1 fully saturated rings. The highest BCUT2D eigenvalue weighted by Crippen LogP contribution is 2.46. The maximum atomic E-state index is 11.3. The van der Waals surface area contributed by atoms with Crippen LogP contribution in [0, 0.1) is 17.8 Å². The average Bonchev–Trinajstić information content (AvgIpc) is 3.30. The van der Waals surface area contributed by atoms with Crippen molar-refractivity contribution in [1.29, 1.82) is 0 Å². The molecule has 4 heteroatoms. The molecule has 0 aliphatic heterocycles. The quantitative estimate of drug-likeness (QED) is 0.489. The molecule has 0 N–H and O–H groups in total. The predicted molar refractivity (Wildman–Crippen MR) is 111 cm³/mol. The monoisotopic (exact) mass is 392 g/mol. The van der Waals surface area contributed by atoms with Crippen molar-refractivity contribution in [2.45, 2.75) is 38.8 Å². The topological polar surface area (TPSA) is 44.8 Å². The lowest BCUT2D eigenvalue weighted by Crippen LogP contribution is -2.35. The van der Waals surface area contributed by atoms with Gasteiger partial charge in [0, 0.05) is 18.8 Å². The lowest BCUT2D eigenvalue weighted by atomic mass is 9.89. The molecule has 4 nitrogen and oxygen atoms in total. The molecular weight excluding hydrogens is 364 g/mol. The molecule has 0 spiro atoms. The van der Waals surface area contributed by atoms with Crippen LogP contribution in [-0.2, 0) is 32.2 Å². The molecule has 4 rings (SSSR count). The normalized spacial score (nSPS) is 27.7. The smallest absolute Gasteiger partial charge is 0.302 e. The maximum absolute atomic E-state index is 11.3. The molecule has 0 unspecified atom stereocenters. The second-order valence-corrected chi connectivity index (χ2v) is 7.92. The van der Waals surface area contributed by atoms with Crippen molar-refractivity contribution in [3.05, 3.63) is 83.9 Å². The van der Waals surface area contributed by atoms with Gasteiger partial charge in [0.05, 0.1) is 32.0 Å². The van der Waals surface area contributed by atoms with Gasteiger partial charge in [-0.15, -0.1) is 0 Å². The van der Waals surface area contributed by atoms with E-state index in [1.165, 1.54) is 12.5 Å². The van der Waals surface area contributed by atoms with E-state index in [2.05, 4.69) is 36.4 Å². The van der Waals surface area contributed by atoms with E-state index >= 15 is 0 Å². The summed E-state index contributed by atoms with van der Waals surface area (Å²) in [5.41, 5.74) is 2.32. The lowest BCUT2D eigenvalue weighted by molar-refractivity contribution is -0.143. The Hall–Kier alpha value is -2.43. The highest BCUT2D eigenvalue weighted by Gasteiger charge is 2.49. The largest absolute Gasteiger partial charge is 0.465 e. The average molecular weight is 392 g/mol. The highest BCUT2D eigenvalue weighted by atomic mass is 16.5. The van der Waals surface area contributed by atoms with E-state index in [4.69, 9.17) is 14.2 Å². The van der Waals surface area contributed by atoms with Crippen molar-refractivity contribution in [3.8, 4) is 0 Å². The first-order chi connectivity index (χ1) is 14.2. The third-order valence-electron chi connectivity index (χ3n) is 5.92. The van der Waals surface area contributed by atoms with Gasteiger partial charge in [-0.25, -0.2) is 0 Å². The van der Waals surface area contributed by atoms with Crippen LogP contribution in [0.2, 0.25) is 0 Å². The molecule has 152 valence electrons. The molecule has 0 saturated heterocycles. The lowest BCUT2D eigenvalue weighted by Gasteiger charge is -2.29. The Balaban J connectivity index is 1.45. The number of ether oxygens (including phenoxy) is 3. The van der Waals surface area contributed by atoms with Gasteiger partial charge in [0.25, 0.3) is 0 Å². The fourth-order valence-electron chi connectivity index (χ4n) is 4.54. The van der Waals surface area contributed by atoms with Gasteiger partial charge in [-0.1, -0.05) is 72.8 Å². The van der Waals surface area contributed by atoms with Gasteiger partial charge in [-0.3, -0.25) is 4.79 Å². The first kappa shape index (κ1) is 19.9. The van der Waals surface area contributed by atoms with E-state index in [0.29, 0.717) is 25.7 Å². The van der Waals surface area contributed by atoms with Gasteiger partial charge in [-0.05, 0) is 23.5 Å². The summed E-state index contributed by atoms with van der Waals surface area (Å²) in [6, 6.07) is 20.5. The molecular formula is C25H28O4. The van der Waals surface area contributed by atoms with Gasteiger partial charge in [0.15, 0.2) is 0 Å². The number of esters is 1. The SMILES string of the molecule is CC(=O)OC[C@@H]1C=C[C@@H]2C[C@@H](OCc3ccccc3)[C@@H](OCc3ccccc3)[C@@H]21. The number of carbonyl (C=O) groups is 1. The molecule has 29 heavy (non-hydrogen) atoms. The molecule has 0 heterocycles. The van der Waals surface area contributed by atoms with Gasteiger partial charge in [0.2, 0.25) is 0 Å². The molecule has 2 aromatic rings. The van der Waals surface area contributed by atoms with Crippen LogP contribution in [0.5, 0.6) is 0 Å². The van der Waals surface area contributed by atoms with Crippen LogP contribution in [0.3, 0.4) is 0 Å². The zero-order valence-corrected chi connectivity index (χ0v) is 16.8. The number of hydrogen-bond donors (Lipinski definition) is 0. The molecule has 0 bridgehead atoms. The summed E-state index contributed by atoms with van der Waals surface area (Å²) in [4.78, 5) is 11.3. The van der Waals surface area contributed by atoms with Crippen LogP contribution in [0.15, 0.2) is 72.8 Å². The summed E-state index contributed by atoms with van der Waals surface area (Å²) in [6.07, 6.45) is 5.37. The van der Waals surface area contributed by atoms with E-state index < -0.39 is 0 Å². The van der Waals surface area contributed by atoms with E-state index in [1.807, 2.05) is 36.4 Å². The number of benzene rings is 2. The standard InChI is InChI=1S/C25H28O4/c1-18(26)27-17-22-13-12-21-14-23(28-15-19-8-4-2-5-9-19)25(24(21)22)29-16-20-10-6-3-7-11-20/h2-13,21-25H,14-17H2,1H3/t21-,22+,23-,24+,25-/m1/s1. The Morgan fingerprint density at radius 3 is 2.14 bits per heavy atom. The third-order valence-corrected chi connectivity index (χ3v) is 5.92. The zero-order chi connectivity index (χ0) is 20.1. The molecule has 2 aromatic carbocycles. The molecule has 2 aliphatic rings. The molecule has 2 aliphatic carbocycles. The van der Waals surface area contributed by atoms with Gasteiger partial charge >= 0.3 is 5.97 Å². The Morgan fingerprint density at radius 2 is 1.52 bits per heavy atom. The van der Waals surface area contributed by atoms with Crippen LogP contribution >= 0.6 is 0 Å². The zero-order valence-electron chi connectivity index (χ0n) is 16.8. The van der Waals surface area contributed by atoms with Crippen LogP contribution in [-0.4, -0.2) is 24.8 Å². The van der Waals surface area contributed by atoms with Gasteiger partial charge in [-0.2, -0.15) is 0 Å². The number of rotatable bonds is 8. The summed E-state index contributed by atoms with van der Waals surface area (Å²) in [5.74, 6) is 0.615. The van der Waals surface area contributed by atoms with Crippen LogP contribution in [0.4, 0.5) is 0 Å². The number of allylic oxidation sites excluding steroid dienone is 1. The molecule has 5 atom stereocenters. The fraction of sp³-hybridized carbons (Fsp3) is 0.400. The van der Waals surface area contributed by atoms with Gasteiger partial charge < -0.3 is 14.2 Å². The predicted octanol–water partition coefficient (Wildman–Crippen LogP) is 4.54. The van der Waals surface area contributed by atoms with Crippen LogP contribution in [0.1, 0.15) is 24.5 Å². The summed E-state index contributed by atoms with van der Waals surface area (Å²) in [5, 5.41) is 0. The summed E-state index contributed by atoms with van der Waals surface area (Å²) >= 11 is 0. The van der Waals surface area contributed by atoms with Crippen molar-refractivity contribution in [1.82, 2.24) is 0 Å². The van der Waals surface area contributed by atoms with E-state index in [0.717, 1.165) is 12.0 Å². The number of hydrogen-bond acceptors (Lipinski definition) is 4. The summed E-state index contributed by atoms with van der Waals surface area (Å²) in [6.45, 7) is 3.00. The number of fused-ring (bicyclic) bond motifs is 1. The summed E-state index contributed by atoms with van der Waals surface area (Å²) < 4.78 is 18.1. The van der Waals surface area contributed by atoms with Crippen molar-refractivity contribution >= 4 is 5.97 Å². The molecule has 0 amide bonds. The van der Waals surface area contributed by atoms with Crippen molar-refractivity contribution in [2.24, 2.45) is 17.8 Å². The molecule has 0 aromatic heterocycles. The fourth-order valence-corrected chi connectivity index (χ4v) is 4.54. The first-order valence-corrected chi connectivity index (χ1v) is 10.3. The molecule has 0 radical (unpaired) electrons. The van der Waals surface area contributed by atoms with Crippen molar-refractivity contribution in [3.63, 3.8) is 0 Å². The van der Waals surface area contributed by atoms with Crippen LogP contribution < -0.4 is 0 Å².